The van der Waals surface area contributed by atoms with Gasteiger partial charge in [0.05, 0.1) is 0 Å². The van der Waals surface area contributed by atoms with E-state index in [0.29, 0.717) is 0 Å². The second-order valence-corrected chi connectivity index (χ2v) is 2.88. The van der Waals surface area contributed by atoms with Crippen LogP contribution in [0.3, 0.4) is 0 Å². The Kier molecular flexibility index (Phi) is 8.83. The third-order valence-electron chi connectivity index (χ3n) is 1.62. The lowest BCUT2D eigenvalue weighted by Gasteiger charge is -2.09. The number of nitrogens with two attached hydrogens (primary N) is 1. The van der Waals surface area contributed by atoms with Crippen LogP contribution in [0.1, 0.15) is 18.5 Å². The van der Waals surface area contributed by atoms with Crippen LogP contribution in [0.4, 0.5) is 0 Å². The number of rotatable bonds is 2. The van der Waals surface area contributed by atoms with Gasteiger partial charge >= 0.3 is 0 Å². The zero-order chi connectivity index (χ0) is 8.27. The highest BCUT2D eigenvalue weighted by molar-refractivity contribution is 6.30. The minimum absolute atomic E-state index is 0. The van der Waals surface area contributed by atoms with Gasteiger partial charge < -0.3 is 0 Å². The molecule has 0 fully saturated rings. The molecule has 2 nitrogen and oxygen atoms in total. The number of halogens is 3. The zero-order valence-electron chi connectivity index (χ0n) is 7.16. The van der Waals surface area contributed by atoms with Crippen molar-refractivity contribution in [2.24, 2.45) is 5.84 Å². The Labute approximate surface area is 95.6 Å². The van der Waals surface area contributed by atoms with Crippen molar-refractivity contribution >= 4 is 36.4 Å². The number of nitrogens with one attached hydrogen (secondary N) is 1. The topological polar surface area (TPSA) is 38.0 Å². The van der Waals surface area contributed by atoms with Gasteiger partial charge in [0, 0.05) is 11.1 Å². The predicted molar refractivity (Wildman–Crippen MR) is 61.7 cm³/mol. The van der Waals surface area contributed by atoms with E-state index in [9.17, 15) is 0 Å². The minimum Gasteiger partial charge on any atom is -0.271 e. The fourth-order valence-electron chi connectivity index (χ4n) is 0.848. The van der Waals surface area contributed by atoms with Crippen LogP contribution < -0.4 is 11.3 Å². The third-order valence-corrected chi connectivity index (χ3v) is 1.87. The van der Waals surface area contributed by atoms with Gasteiger partial charge in [-0.1, -0.05) is 23.7 Å². The molecule has 0 aliphatic heterocycles. The monoisotopic (exact) mass is 242 g/mol. The van der Waals surface area contributed by atoms with E-state index in [0.717, 1.165) is 10.6 Å². The first-order valence-corrected chi connectivity index (χ1v) is 3.83. The summed E-state index contributed by atoms with van der Waals surface area (Å²) in [6.45, 7) is 1.99. The van der Waals surface area contributed by atoms with Crippen molar-refractivity contribution < 1.29 is 0 Å². The number of hydrazine groups is 1. The molecular weight excluding hydrogens is 230 g/mol. The largest absolute Gasteiger partial charge is 0.271 e. The molecule has 1 unspecified atom stereocenters. The molecule has 76 valence electrons. The maximum absolute atomic E-state index is 5.71. The maximum atomic E-state index is 5.71. The van der Waals surface area contributed by atoms with Gasteiger partial charge in [0.25, 0.3) is 0 Å². The fraction of sp³-hybridized carbons (Fsp3) is 0.250. The van der Waals surface area contributed by atoms with Crippen molar-refractivity contribution in [3.8, 4) is 0 Å². The molecule has 0 aromatic heterocycles. The molecule has 3 N–H and O–H groups in total. The molecule has 13 heavy (non-hydrogen) atoms. The molecule has 0 aliphatic carbocycles. The summed E-state index contributed by atoms with van der Waals surface area (Å²) >= 11 is 5.71. The van der Waals surface area contributed by atoms with Gasteiger partial charge in [-0.25, -0.2) is 0 Å². The molecule has 1 atom stereocenters. The second-order valence-electron chi connectivity index (χ2n) is 2.44. The fourth-order valence-corrected chi connectivity index (χ4v) is 0.974. The van der Waals surface area contributed by atoms with Gasteiger partial charge in [0.2, 0.25) is 0 Å². The van der Waals surface area contributed by atoms with E-state index >= 15 is 0 Å². The molecule has 5 heteroatoms. The number of benzene rings is 1. The molecule has 0 aliphatic rings. The third kappa shape index (κ3) is 4.69. The van der Waals surface area contributed by atoms with Gasteiger partial charge in [0.1, 0.15) is 0 Å². The second kappa shape index (κ2) is 7.42. The normalized spacial score (nSPS) is 11.0. The summed E-state index contributed by atoms with van der Waals surface area (Å²) in [6, 6.07) is 7.78. The zero-order valence-corrected chi connectivity index (χ0v) is 9.55. The van der Waals surface area contributed by atoms with E-state index < -0.39 is 0 Å². The lowest BCUT2D eigenvalue weighted by molar-refractivity contribution is 0.602. The molecule has 0 spiro atoms. The van der Waals surface area contributed by atoms with Crippen molar-refractivity contribution in [2.45, 2.75) is 13.0 Å². The van der Waals surface area contributed by atoms with Gasteiger partial charge in [-0.3, -0.25) is 11.3 Å². The van der Waals surface area contributed by atoms with Crippen molar-refractivity contribution in [1.82, 2.24) is 5.43 Å². The first-order chi connectivity index (χ1) is 5.24. The predicted octanol–water partition coefficient (Wildman–Crippen LogP) is 2.71. The molecule has 0 bridgehead atoms. The summed E-state index contributed by atoms with van der Waals surface area (Å²) in [7, 11) is 0. The van der Waals surface area contributed by atoms with E-state index in [-0.39, 0.29) is 30.9 Å². The summed E-state index contributed by atoms with van der Waals surface area (Å²) in [5.41, 5.74) is 3.79. The maximum Gasteiger partial charge on any atom is 0.0431 e. The molecule has 0 radical (unpaired) electrons. The minimum atomic E-state index is 0. The quantitative estimate of drug-likeness (QED) is 0.619. The van der Waals surface area contributed by atoms with Gasteiger partial charge in [-0.05, 0) is 24.6 Å². The highest BCUT2D eigenvalue weighted by Gasteiger charge is 2.00. The summed E-state index contributed by atoms with van der Waals surface area (Å²) in [5, 5.41) is 0.748. The van der Waals surface area contributed by atoms with E-state index in [1.807, 2.05) is 31.2 Å². The van der Waals surface area contributed by atoms with Crippen LogP contribution in [0.25, 0.3) is 0 Å². The number of hydrogen-bond acceptors (Lipinski definition) is 2. The Balaban J connectivity index is 0. The highest BCUT2D eigenvalue weighted by Crippen LogP contribution is 2.14. The molecule has 1 rings (SSSR count). The van der Waals surface area contributed by atoms with Crippen molar-refractivity contribution in [3.05, 3.63) is 34.9 Å². The number of hydrogen-bond donors (Lipinski definition) is 2. The van der Waals surface area contributed by atoms with E-state index in [1.165, 1.54) is 0 Å². The van der Waals surface area contributed by atoms with Crippen molar-refractivity contribution in [1.29, 1.82) is 0 Å². The van der Waals surface area contributed by atoms with Crippen LogP contribution in [-0.4, -0.2) is 0 Å². The molecule has 1 aromatic carbocycles. The van der Waals surface area contributed by atoms with Gasteiger partial charge in [-0.2, -0.15) is 0 Å². The van der Waals surface area contributed by atoms with Gasteiger partial charge in [-0.15, -0.1) is 24.8 Å². The molecule has 0 saturated carbocycles. The lowest BCUT2D eigenvalue weighted by Crippen LogP contribution is -2.25. The Hall–Kier alpha value is 0.01000. The first-order valence-electron chi connectivity index (χ1n) is 3.45. The van der Waals surface area contributed by atoms with Crippen LogP contribution >= 0.6 is 36.4 Å². The molecule has 0 amide bonds. The molecule has 0 heterocycles. The van der Waals surface area contributed by atoms with Crippen LogP contribution in [0.2, 0.25) is 5.02 Å². The Morgan fingerprint density at radius 2 is 1.69 bits per heavy atom. The van der Waals surface area contributed by atoms with Crippen molar-refractivity contribution in [3.63, 3.8) is 0 Å². The average molecular weight is 244 g/mol. The summed E-state index contributed by atoms with van der Waals surface area (Å²) in [5.74, 6) is 5.26. The Morgan fingerprint density at radius 1 is 1.23 bits per heavy atom. The summed E-state index contributed by atoms with van der Waals surface area (Å²) < 4.78 is 0. The highest BCUT2D eigenvalue weighted by atomic mass is 35.5. The van der Waals surface area contributed by atoms with Crippen LogP contribution in [0.5, 0.6) is 0 Å². The van der Waals surface area contributed by atoms with E-state index in [2.05, 4.69) is 5.43 Å². The Morgan fingerprint density at radius 3 is 2.08 bits per heavy atom. The molecule has 1 aromatic rings. The summed E-state index contributed by atoms with van der Waals surface area (Å²) in [4.78, 5) is 0. The average Bonchev–Trinajstić information content (AvgIpc) is 2.05. The summed E-state index contributed by atoms with van der Waals surface area (Å²) in [6.07, 6.45) is 0. The van der Waals surface area contributed by atoms with Crippen LogP contribution in [-0.2, 0) is 0 Å². The van der Waals surface area contributed by atoms with Crippen LogP contribution in [0.15, 0.2) is 24.3 Å². The Bertz CT molecular complexity index is 225. The van der Waals surface area contributed by atoms with E-state index in [1.54, 1.807) is 0 Å². The van der Waals surface area contributed by atoms with Crippen molar-refractivity contribution in [2.75, 3.05) is 0 Å². The standard InChI is InChI=1S/C8H11ClN2.2ClH/c1-6(11-10)7-2-4-8(9)5-3-7;;/h2-6,11H,10H2,1H3;2*1H. The molecular formula is C8H13Cl3N2. The first kappa shape index (κ1) is 15.5. The van der Waals surface area contributed by atoms with E-state index in [4.69, 9.17) is 17.4 Å². The smallest absolute Gasteiger partial charge is 0.0431 e. The molecule has 0 saturated heterocycles. The lowest BCUT2D eigenvalue weighted by atomic mass is 10.1. The SMILES string of the molecule is CC(NN)c1ccc(Cl)cc1.Cl.Cl. The van der Waals surface area contributed by atoms with Gasteiger partial charge in [0.15, 0.2) is 0 Å². The van der Waals surface area contributed by atoms with Crippen LogP contribution in [0, 0.1) is 0 Å².